The molecule has 1 atom stereocenters. The summed E-state index contributed by atoms with van der Waals surface area (Å²) in [6.07, 6.45) is 0.848. The monoisotopic (exact) mass is 498 g/mol. The largest absolute Gasteiger partial charge is 0.490 e. The predicted octanol–water partition coefficient (Wildman–Crippen LogP) is 3.06. The number of hydrogen-bond acceptors (Lipinski definition) is 6. The molecule has 0 spiro atoms. The second-order valence-corrected chi connectivity index (χ2v) is 9.65. The van der Waals surface area contributed by atoms with Crippen LogP contribution in [0.25, 0.3) is 0 Å². The van der Waals surface area contributed by atoms with Gasteiger partial charge in [0.1, 0.15) is 5.82 Å². The number of fused-ring (bicyclic) bond motifs is 1. The van der Waals surface area contributed by atoms with Crippen molar-refractivity contribution in [1.82, 2.24) is 15.1 Å². The van der Waals surface area contributed by atoms with Crippen molar-refractivity contribution in [3.63, 3.8) is 0 Å². The van der Waals surface area contributed by atoms with Gasteiger partial charge >= 0.3 is 0 Å². The summed E-state index contributed by atoms with van der Waals surface area (Å²) in [5, 5.41) is 5.98. The molecular formula is C27H35FN4O4. The molecule has 0 bridgehead atoms. The lowest BCUT2D eigenvalue weighted by Crippen LogP contribution is -2.51. The van der Waals surface area contributed by atoms with Crippen LogP contribution in [0.4, 0.5) is 10.1 Å². The number of nitrogens with one attached hydrogen (secondary N) is 2. The minimum absolute atomic E-state index is 0.0247. The van der Waals surface area contributed by atoms with E-state index in [1.54, 1.807) is 12.1 Å². The van der Waals surface area contributed by atoms with E-state index in [4.69, 9.17) is 9.47 Å². The van der Waals surface area contributed by atoms with Crippen molar-refractivity contribution in [2.24, 2.45) is 5.92 Å². The molecule has 194 valence electrons. The number of carbonyl (C=O) groups excluding carboxylic acids is 2. The Hall–Kier alpha value is -3.17. The Labute approximate surface area is 211 Å². The van der Waals surface area contributed by atoms with Crippen LogP contribution in [-0.2, 0) is 9.59 Å². The van der Waals surface area contributed by atoms with Gasteiger partial charge in [0.2, 0.25) is 11.8 Å². The Kier molecular flexibility index (Phi) is 8.77. The van der Waals surface area contributed by atoms with Crippen molar-refractivity contribution in [3.05, 3.63) is 53.8 Å². The van der Waals surface area contributed by atoms with Gasteiger partial charge in [0.15, 0.2) is 11.5 Å². The molecular weight excluding hydrogens is 463 g/mol. The van der Waals surface area contributed by atoms with E-state index in [9.17, 15) is 14.0 Å². The van der Waals surface area contributed by atoms with Crippen LogP contribution >= 0.6 is 0 Å². The fraction of sp³-hybridized carbons (Fsp3) is 0.481. The lowest BCUT2D eigenvalue weighted by molar-refractivity contribution is -0.124. The van der Waals surface area contributed by atoms with E-state index in [-0.39, 0.29) is 36.1 Å². The third-order valence-electron chi connectivity index (χ3n) is 6.44. The first-order valence-corrected chi connectivity index (χ1v) is 12.6. The van der Waals surface area contributed by atoms with Crippen LogP contribution in [0.15, 0.2) is 42.5 Å². The molecule has 2 aromatic rings. The topological polar surface area (TPSA) is 83.1 Å². The van der Waals surface area contributed by atoms with E-state index in [0.717, 1.165) is 23.5 Å². The summed E-state index contributed by atoms with van der Waals surface area (Å²) in [5.41, 5.74) is 1.57. The van der Waals surface area contributed by atoms with Crippen molar-refractivity contribution in [2.75, 3.05) is 57.8 Å². The predicted molar refractivity (Wildman–Crippen MR) is 136 cm³/mol. The first-order chi connectivity index (χ1) is 17.4. The Balaban J connectivity index is 1.24. The zero-order valence-corrected chi connectivity index (χ0v) is 21.0. The van der Waals surface area contributed by atoms with Crippen molar-refractivity contribution in [3.8, 4) is 11.5 Å². The van der Waals surface area contributed by atoms with Gasteiger partial charge in [-0.15, -0.1) is 0 Å². The maximum Gasteiger partial charge on any atom is 0.238 e. The first-order valence-electron chi connectivity index (χ1n) is 12.6. The highest BCUT2D eigenvalue weighted by Crippen LogP contribution is 2.34. The van der Waals surface area contributed by atoms with Gasteiger partial charge in [0.05, 0.1) is 32.3 Å². The molecule has 2 amide bonds. The lowest BCUT2D eigenvalue weighted by atomic mass is 9.95. The fourth-order valence-corrected chi connectivity index (χ4v) is 4.47. The van der Waals surface area contributed by atoms with E-state index < -0.39 is 0 Å². The standard InChI is InChI=1S/C27H35FN4O4/c1-19(2)27(20-4-9-23-24(16-20)36-15-3-14-35-23)30-26(34)18-32-12-10-31(11-13-32)17-25(33)29-22-7-5-21(28)6-8-22/h4-9,16,19,27H,3,10-15,17-18H2,1-2H3,(H,29,33)(H,30,34)/t27-/m1/s1. The minimum atomic E-state index is -0.338. The molecule has 2 heterocycles. The maximum atomic E-state index is 13.0. The molecule has 2 aliphatic heterocycles. The van der Waals surface area contributed by atoms with Crippen LogP contribution in [0.5, 0.6) is 11.5 Å². The van der Waals surface area contributed by atoms with Gasteiger partial charge in [-0.1, -0.05) is 19.9 Å². The average molecular weight is 499 g/mol. The third-order valence-corrected chi connectivity index (χ3v) is 6.44. The first kappa shape index (κ1) is 25.9. The lowest BCUT2D eigenvalue weighted by Gasteiger charge is -2.34. The number of hydrogen-bond donors (Lipinski definition) is 2. The number of ether oxygens (including phenoxy) is 2. The summed E-state index contributed by atoms with van der Waals surface area (Å²) >= 11 is 0. The second-order valence-electron chi connectivity index (χ2n) is 9.65. The van der Waals surface area contributed by atoms with E-state index in [1.165, 1.54) is 12.1 Å². The van der Waals surface area contributed by atoms with Gasteiger partial charge in [-0.3, -0.25) is 19.4 Å². The smallest absolute Gasteiger partial charge is 0.238 e. The van der Waals surface area contributed by atoms with E-state index >= 15 is 0 Å². The highest BCUT2D eigenvalue weighted by atomic mass is 19.1. The molecule has 2 aromatic carbocycles. The molecule has 0 radical (unpaired) electrons. The summed E-state index contributed by atoms with van der Waals surface area (Å²) in [5.74, 6) is 1.18. The van der Waals surface area contributed by atoms with Crippen molar-refractivity contribution < 1.29 is 23.5 Å². The van der Waals surface area contributed by atoms with E-state index in [1.807, 2.05) is 18.2 Å². The molecule has 1 saturated heterocycles. The molecule has 8 nitrogen and oxygen atoms in total. The number of nitrogens with zero attached hydrogens (tertiary/aromatic N) is 2. The number of rotatable bonds is 8. The van der Waals surface area contributed by atoms with E-state index in [0.29, 0.717) is 51.6 Å². The third kappa shape index (κ3) is 7.18. The molecule has 1 fully saturated rings. The number of piperazine rings is 1. The molecule has 9 heteroatoms. The summed E-state index contributed by atoms with van der Waals surface area (Å²) in [4.78, 5) is 29.4. The Morgan fingerprint density at radius 1 is 0.889 bits per heavy atom. The Morgan fingerprint density at radius 3 is 2.14 bits per heavy atom. The Bertz CT molecular complexity index is 1040. The number of benzene rings is 2. The van der Waals surface area contributed by atoms with Gasteiger partial charge in [-0.2, -0.15) is 0 Å². The highest BCUT2D eigenvalue weighted by molar-refractivity contribution is 5.92. The van der Waals surface area contributed by atoms with Crippen LogP contribution in [-0.4, -0.2) is 74.1 Å². The van der Waals surface area contributed by atoms with Crippen LogP contribution in [0.2, 0.25) is 0 Å². The maximum absolute atomic E-state index is 13.0. The molecule has 0 aromatic heterocycles. The van der Waals surface area contributed by atoms with Crippen molar-refractivity contribution in [1.29, 1.82) is 0 Å². The Morgan fingerprint density at radius 2 is 1.50 bits per heavy atom. The van der Waals surface area contributed by atoms with Gasteiger partial charge in [0.25, 0.3) is 0 Å². The van der Waals surface area contributed by atoms with Crippen molar-refractivity contribution >= 4 is 17.5 Å². The zero-order valence-electron chi connectivity index (χ0n) is 21.0. The molecule has 0 unspecified atom stereocenters. The molecule has 4 rings (SSSR count). The zero-order chi connectivity index (χ0) is 25.5. The number of anilines is 1. The number of halogens is 1. The van der Waals surface area contributed by atoms with E-state index in [2.05, 4.69) is 34.3 Å². The van der Waals surface area contributed by atoms with Gasteiger partial charge in [0, 0.05) is 38.3 Å². The summed E-state index contributed by atoms with van der Waals surface area (Å²) in [6, 6.07) is 11.5. The number of carbonyl (C=O) groups is 2. The molecule has 0 aliphatic carbocycles. The summed E-state index contributed by atoms with van der Waals surface area (Å²) in [6.45, 7) is 8.80. The summed E-state index contributed by atoms with van der Waals surface area (Å²) < 4.78 is 24.6. The minimum Gasteiger partial charge on any atom is -0.490 e. The van der Waals surface area contributed by atoms with Gasteiger partial charge < -0.3 is 20.1 Å². The number of amides is 2. The van der Waals surface area contributed by atoms with Gasteiger partial charge in [-0.05, 0) is 47.9 Å². The fourth-order valence-electron chi connectivity index (χ4n) is 4.47. The average Bonchev–Trinajstić information content (AvgIpc) is 3.10. The van der Waals surface area contributed by atoms with Crippen LogP contribution in [0.3, 0.4) is 0 Å². The van der Waals surface area contributed by atoms with Crippen LogP contribution in [0, 0.1) is 11.7 Å². The SMILES string of the molecule is CC(C)[C@@H](NC(=O)CN1CCN(CC(=O)Nc2ccc(F)cc2)CC1)c1ccc2c(c1)OCCCO2. The van der Waals surface area contributed by atoms with Crippen LogP contribution in [0.1, 0.15) is 31.9 Å². The molecule has 0 saturated carbocycles. The second kappa shape index (κ2) is 12.2. The highest BCUT2D eigenvalue weighted by Gasteiger charge is 2.24. The van der Waals surface area contributed by atoms with Crippen molar-refractivity contribution in [2.45, 2.75) is 26.3 Å². The quantitative estimate of drug-likeness (QED) is 0.582. The van der Waals surface area contributed by atoms with Gasteiger partial charge in [-0.25, -0.2) is 4.39 Å². The molecule has 2 aliphatic rings. The summed E-state index contributed by atoms with van der Waals surface area (Å²) in [7, 11) is 0. The normalized spacial score (nSPS) is 17.3. The van der Waals surface area contributed by atoms with Crippen LogP contribution < -0.4 is 20.1 Å². The molecule has 2 N–H and O–H groups in total. The molecule has 36 heavy (non-hydrogen) atoms.